The van der Waals surface area contributed by atoms with Gasteiger partial charge in [0.2, 0.25) is 0 Å². The number of hydrogen-bond donors (Lipinski definition) is 0. The van der Waals surface area contributed by atoms with Crippen LogP contribution < -0.4 is 17.0 Å². The molecule has 4 aliphatic rings. The van der Waals surface area contributed by atoms with Crippen molar-refractivity contribution < 1.29 is 35.3 Å². The number of rotatable bonds is 0. The Morgan fingerprint density at radius 1 is 0.929 bits per heavy atom. The second-order valence-corrected chi connectivity index (χ2v) is 10.3. The predicted octanol–water partition coefficient (Wildman–Crippen LogP) is 0.706. The van der Waals surface area contributed by atoms with Gasteiger partial charge < -0.3 is 17.0 Å². The average Bonchev–Trinajstić information content (AvgIpc) is 1.71. The van der Waals surface area contributed by atoms with Crippen LogP contribution in [0.2, 0.25) is 4.01 Å². The summed E-state index contributed by atoms with van der Waals surface area (Å²) in [5.74, 6) is 1.11. The first-order chi connectivity index (χ1) is 5.91. The smallest absolute Gasteiger partial charge is 1.00 e. The topological polar surface area (TPSA) is 0 Å². The van der Waals surface area contributed by atoms with Crippen LogP contribution in [-0.2, 0) is 18.3 Å². The van der Waals surface area contributed by atoms with E-state index >= 15 is 0 Å². The van der Waals surface area contributed by atoms with Crippen molar-refractivity contribution >= 4 is 0 Å². The molecule has 0 heterocycles. The molecule has 0 amide bonds. The van der Waals surface area contributed by atoms with Gasteiger partial charge in [0.05, 0.1) is 0 Å². The SMILES string of the molecule is C[C@]12CC3C[C]([Zn+])(C1)C[C@@](C)(C3)C2.[Br-]. The molecule has 4 saturated carbocycles. The van der Waals surface area contributed by atoms with Crippen molar-refractivity contribution in [1.82, 2.24) is 0 Å². The maximum atomic E-state index is 2.57. The van der Waals surface area contributed by atoms with Crippen molar-refractivity contribution in [2.75, 3.05) is 0 Å². The Labute approximate surface area is 108 Å². The number of hydrogen-bond acceptors (Lipinski definition) is 0. The third kappa shape index (κ3) is 1.65. The van der Waals surface area contributed by atoms with E-state index < -0.39 is 0 Å². The summed E-state index contributed by atoms with van der Waals surface area (Å²) >= 11 is 1.56. The summed E-state index contributed by atoms with van der Waals surface area (Å²) in [6, 6.07) is 0. The van der Waals surface area contributed by atoms with E-state index in [1.807, 2.05) is 0 Å². The van der Waals surface area contributed by atoms with Gasteiger partial charge in [-0.15, -0.1) is 0 Å². The molecule has 4 atom stereocenters. The van der Waals surface area contributed by atoms with E-state index in [0.717, 1.165) is 20.8 Å². The molecule has 2 heteroatoms. The van der Waals surface area contributed by atoms with Crippen LogP contribution in [0.15, 0.2) is 0 Å². The van der Waals surface area contributed by atoms with Gasteiger partial charge in [-0.3, -0.25) is 0 Å². The van der Waals surface area contributed by atoms with Crippen molar-refractivity contribution in [3.8, 4) is 0 Å². The summed E-state index contributed by atoms with van der Waals surface area (Å²) in [6.45, 7) is 5.14. The van der Waals surface area contributed by atoms with Crippen molar-refractivity contribution in [3.05, 3.63) is 0 Å². The summed E-state index contributed by atoms with van der Waals surface area (Å²) in [6.07, 6.45) is 9.41. The van der Waals surface area contributed by atoms with E-state index in [0.29, 0.717) is 0 Å². The van der Waals surface area contributed by atoms with Gasteiger partial charge in [-0.1, -0.05) is 0 Å². The zero-order valence-electron chi connectivity index (χ0n) is 9.41. The quantitative estimate of drug-likeness (QED) is 0.578. The summed E-state index contributed by atoms with van der Waals surface area (Å²) in [5, 5.41) is 0. The molecule has 0 spiro atoms. The Morgan fingerprint density at radius 2 is 1.43 bits per heavy atom. The van der Waals surface area contributed by atoms with Gasteiger partial charge in [0.1, 0.15) is 0 Å². The monoisotopic (exact) mass is 306 g/mol. The van der Waals surface area contributed by atoms with E-state index in [-0.39, 0.29) is 17.0 Å². The van der Waals surface area contributed by atoms with Crippen LogP contribution in [0.3, 0.4) is 0 Å². The third-order valence-electron chi connectivity index (χ3n) is 4.74. The van der Waals surface area contributed by atoms with Crippen molar-refractivity contribution in [3.63, 3.8) is 0 Å². The van der Waals surface area contributed by atoms with Gasteiger partial charge in [-0.05, 0) is 0 Å². The van der Waals surface area contributed by atoms with Gasteiger partial charge in [-0.2, -0.15) is 0 Å². The molecule has 0 N–H and O–H groups in total. The fraction of sp³-hybridized carbons (Fsp3) is 1.00. The fourth-order valence-electron chi connectivity index (χ4n) is 5.68. The molecule has 4 aliphatic carbocycles. The molecule has 0 nitrogen and oxygen atoms in total. The Morgan fingerprint density at radius 3 is 1.79 bits per heavy atom. The summed E-state index contributed by atoms with van der Waals surface area (Å²) in [4.78, 5) is 0. The van der Waals surface area contributed by atoms with Crippen LogP contribution in [0, 0.1) is 16.7 Å². The third-order valence-corrected chi connectivity index (χ3v) is 6.40. The molecule has 14 heavy (non-hydrogen) atoms. The first kappa shape index (κ1) is 11.6. The van der Waals surface area contributed by atoms with Gasteiger partial charge in [0.15, 0.2) is 0 Å². The van der Waals surface area contributed by atoms with Gasteiger partial charge >= 0.3 is 91.4 Å². The maximum Gasteiger partial charge on any atom is -1.00 e. The molecule has 0 radical (unpaired) electrons. The molecule has 4 fully saturated rings. The Balaban J connectivity index is 0.000000750. The van der Waals surface area contributed by atoms with Gasteiger partial charge in [-0.25, -0.2) is 0 Å². The van der Waals surface area contributed by atoms with Crippen LogP contribution in [0.25, 0.3) is 0 Å². The minimum absolute atomic E-state index is 0. The normalized spacial score (nSPS) is 59.9. The van der Waals surface area contributed by atoms with Crippen LogP contribution in [0.4, 0.5) is 0 Å². The first-order valence-electron chi connectivity index (χ1n) is 5.76. The van der Waals surface area contributed by atoms with Crippen molar-refractivity contribution in [1.29, 1.82) is 0 Å². The minimum Gasteiger partial charge on any atom is -1.00 e. The second-order valence-electron chi connectivity index (χ2n) is 7.13. The van der Waals surface area contributed by atoms with E-state index in [9.17, 15) is 0 Å². The summed E-state index contributed by atoms with van der Waals surface area (Å²) in [5.41, 5.74) is 1.51. The Bertz CT molecular complexity index is 212. The van der Waals surface area contributed by atoms with E-state index in [4.69, 9.17) is 0 Å². The fourth-order valence-corrected chi connectivity index (χ4v) is 9.07. The van der Waals surface area contributed by atoms with Crippen LogP contribution >= 0.6 is 0 Å². The minimum atomic E-state index is 0. The zero-order valence-corrected chi connectivity index (χ0v) is 14.0. The molecule has 0 saturated heterocycles. The summed E-state index contributed by atoms with van der Waals surface area (Å²) < 4.78 is 0.850. The molecule has 4 rings (SSSR count). The Hall–Kier alpha value is 1.10. The first-order valence-corrected chi connectivity index (χ1v) is 7.24. The molecule has 4 bridgehead atoms. The molecule has 0 aliphatic heterocycles. The molecule has 76 valence electrons. The molecule has 0 aromatic heterocycles. The van der Waals surface area contributed by atoms with Gasteiger partial charge in [0, 0.05) is 0 Å². The van der Waals surface area contributed by atoms with E-state index in [2.05, 4.69) is 13.8 Å². The second kappa shape index (κ2) is 3.07. The van der Waals surface area contributed by atoms with Crippen LogP contribution in [0.1, 0.15) is 52.4 Å². The van der Waals surface area contributed by atoms with E-state index in [1.165, 1.54) is 6.42 Å². The van der Waals surface area contributed by atoms with Gasteiger partial charge in [0.25, 0.3) is 0 Å². The van der Waals surface area contributed by atoms with Crippen LogP contribution in [0.5, 0.6) is 0 Å². The van der Waals surface area contributed by atoms with Crippen LogP contribution in [-0.4, -0.2) is 0 Å². The zero-order chi connectivity index (χ0) is 9.32. The average molecular weight is 309 g/mol. The van der Waals surface area contributed by atoms with Crippen molar-refractivity contribution in [2.24, 2.45) is 16.7 Å². The largest absolute Gasteiger partial charge is 1.00 e. The molecule has 2 unspecified atom stereocenters. The van der Waals surface area contributed by atoms with Crippen molar-refractivity contribution in [2.45, 2.75) is 56.4 Å². The Kier molecular flexibility index (Phi) is 2.54. The molecular weight excluding hydrogens is 289 g/mol. The molecule has 0 aromatic carbocycles. The number of halogens is 1. The molecule has 0 aromatic rings. The molecular formula is C12H19BrZn. The standard InChI is InChI=1S/C12H19.BrH.Zn/c1-11-4-9-3-10(5-11)7-12(2,6-9)8-11;;/h9H,3-8H2,1-2H3;1H;/q;;+1/p-1/t9?,11-,12+;;. The summed E-state index contributed by atoms with van der Waals surface area (Å²) in [7, 11) is 0. The predicted molar refractivity (Wildman–Crippen MR) is 50.1 cm³/mol. The maximum absolute atomic E-state index is 2.57. The van der Waals surface area contributed by atoms with E-state index in [1.54, 1.807) is 50.4 Å².